The van der Waals surface area contributed by atoms with Crippen LogP contribution in [0.1, 0.15) is 63.9 Å². The van der Waals surface area contributed by atoms with Crippen LogP contribution in [0.4, 0.5) is 10.5 Å². The second-order valence-electron chi connectivity index (χ2n) is 10.5. The lowest BCUT2D eigenvalue weighted by Gasteiger charge is -2.33. The van der Waals surface area contributed by atoms with E-state index >= 15 is 0 Å². The van der Waals surface area contributed by atoms with Gasteiger partial charge in [0.15, 0.2) is 0 Å². The minimum Gasteiger partial charge on any atom is -0.508 e. The van der Waals surface area contributed by atoms with Crippen molar-refractivity contribution in [2.75, 3.05) is 44.6 Å². The van der Waals surface area contributed by atoms with E-state index < -0.39 is 6.10 Å². The molecular weight excluding hydrogens is 492 g/mol. The van der Waals surface area contributed by atoms with Gasteiger partial charge in [-0.2, -0.15) is 0 Å². The number of hydrogen-bond acceptors (Lipinski definition) is 6. The van der Waals surface area contributed by atoms with E-state index in [4.69, 9.17) is 4.74 Å². The number of hydrogen-bond donors (Lipinski definition) is 5. The summed E-state index contributed by atoms with van der Waals surface area (Å²) in [5.74, 6) is 0.809. The highest BCUT2D eigenvalue weighted by atomic mass is 16.5. The first-order valence-corrected chi connectivity index (χ1v) is 14.7. The van der Waals surface area contributed by atoms with Crippen LogP contribution in [-0.4, -0.2) is 72.6 Å². The number of carbonyl (C=O) groups is 1. The first-order chi connectivity index (χ1) is 19.0. The fourth-order valence-corrected chi connectivity index (χ4v) is 4.74. The molecule has 1 fully saturated rings. The zero-order valence-corrected chi connectivity index (χ0v) is 23.5. The fraction of sp³-hybridized carbons (Fsp3) is 0.581. The molecule has 0 radical (unpaired) electrons. The molecule has 2 amide bonds. The quantitative estimate of drug-likeness (QED) is 0.183. The van der Waals surface area contributed by atoms with Crippen molar-refractivity contribution in [1.82, 2.24) is 15.5 Å². The Morgan fingerprint density at radius 1 is 0.974 bits per heavy atom. The first kappa shape index (κ1) is 30.6. The van der Waals surface area contributed by atoms with Crippen LogP contribution in [0.2, 0.25) is 0 Å². The maximum absolute atomic E-state index is 12.4. The number of phenolic OH excluding ortho intramolecular Hbond substituents is 1. The Kier molecular flexibility index (Phi) is 13.8. The van der Waals surface area contributed by atoms with Crippen molar-refractivity contribution in [3.63, 3.8) is 0 Å². The van der Waals surface area contributed by atoms with Crippen LogP contribution in [0.15, 0.2) is 48.5 Å². The van der Waals surface area contributed by atoms with Gasteiger partial charge in [-0.25, -0.2) is 4.79 Å². The molecule has 5 N–H and O–H groups in total. The Bertz CT molecular complexity index is 931. The number of nitrogens with one attached hydrogen (secondary N) is 3. The number of unbranched alkanes of at least 4 members (excludes halogenated alkanes) is 5. The van der Waals surface area contributed by atoms with Crippen LogP contribution in [-0.2, 0) is 6.42 Å². The molecule has 1 heterocycles. The number of benzene rings is 2. The van der Waals surface area contributed by atoms with E-state index in [1.807, 2.05) is 4.90 Å². The number of rotatable bonds is 17. The Hall–Kier alpha value is -2.97. The van der Waals surface area contributed by atoms with Crippen LogP contribution in [0.5, 0.6) is 11.5 Å². The molecule has 2 aromatic carbocycles. The highest BCUT2D eigenvalue weighted by Gasteiger charge is 2.22. The fourth-order valence-electron chi connectivity index (χ4n) is 4.74. The molecule has 1 saturated heterocycles. The molecule has 0 spiro atoms. The molecule has 39 heavy (non-hydrogen) atoms. The van der Waals surface area contributed by atoms with Crippen LogP contribution in [0, 0.1) is 0 Å². The van der Waals surface area contributed by atoms with E-state index in [2.05, 4.69) is 47.1 Å². The van der Waals surface area contributed by atoms with Gasteiger partial charge in [0, 0.05) is 37.9 Å². The molecule has 8 nitrogen and oxygen atoms in total. The van der Waals surface area contributed by atoms with E-state index in [1.54, 1.807) is 24.3 Å². The smallest absolute Gasteiger partial charge is 0.317 e. The molecule has 0 unspecified atom stereocenters. The van der Waals surface area contributed by atoms with Crippen LogP contribution in [0.3, 0.4) is 0 Å². The third-order valence-electron chi connectivity index (χ3n) is 7.16. The molecule has 0 bridgehead atoms. The van der Waals surface area contributed by atoms with Gasteiger partial charge in [-0.3, -0.25) is 0 Å². The summed E-state index contributed by atoms with van der Waals surface area (Å²) in [7, 11) is 0. The maximum Gasteiger partial charge on any atom is 0.317 e. The number of likely N-dealkylation sites (tertiary alicyclic amines) is 1. The number of aliphatic hydroxyl groups excluding tert-OH is 1. The summed E-state index contributed by atoms with van der Waals surface area (Å²) in [6.07, 6.45) is 9.58. The summed E-state index contributed by atoms with van der Waals surface area (Å²) in [5.41, 5.74) is 2.35. The number of carbonyl (C=O) groups excluding carboxylic acids is 1. The van der Waals surface area contributed by atoms with E-state index in [9.17, 15) is 15.0 Å². The molecule has 0 aliphatic carbocycles. The number of piperidine rings is 1. The lowest BCUT2D eigenvalue weighted by Crippen LogP contribution is -2.47. The van der Waals surface area contributed by atoms with E-state index in [0.717, 1.165) is 57.5 Å². The first-order valence-electron chi connectivity index (χ1n) is 14.7. The van der Waals surface area contributed by atoms with Crippen molar-refractivity contribution in [2.24, 2.45) is 0 Å². The zero-order chi connectivity index (χ0) is 27.7. The van der Waals surface area contributed by atoms with Gasteiger partial charge in [0.25, 0.3) is 0 Å². The predicted octanol–water partition coefficient (Wildman–Crippen LogP) is 4.91. The molecule has 0 aromatic heterocycles. The molecule has 216 valence electrons. The third-order valence-corrected chi connectivity index (χ3v) is 7.16. The normalized spacial score (nSPS) is 14.7. The summed E-state index contributed by atoms with van der Waals surface area (Å²) in [5, 5.41) is 29.4. The molecule has 1 aliphatic rings. The van der Waals surface area contributed by atoms with Crippen molar-refractivity contribution in [2.45, 2.75) is 76.9 Å². The molecule has 8 heteroatoms. The minimum absolute atomic E-state index is 0.0809. The topological polar surface area (TPSA) is 106 Å². The van der Waals surface area contributed by atoms with Crippen molar-refractivity contribution >= 4 is 11.7 Å². The van der Waals surface area contributed by atoms with E-state index in [0.29, 0.717) is 18.3 Å². The standard InChI is InChI=1S/C31H48N4O4/c1-2-3-4-5-6-7-19-33-31(38)35-21-17-27(18-22-35)34-26-10-8-25(9-11-26)16-20-32-23-29(37)24-39-30-14-12-28(36)13-15-30/h8-15,27,29,32,34,36-37H,2-7,16-24H2,1H3,(H,33,38)/t29-/m1/s1. The van der Waals surface area contributed by atoms with Gasteiger partial charge in [0.2, 0.25) is 0 Å². The average molecular weight is 541 g/mol. The summed E-state index contributed by atoms with van der Waals surface area (Å²) >= 11 is 0. The van der Waals surface area contributed by atoms with Crippen LogP contribution in [0.25, 0.3) is 0 Å². The van der Waals surface area contributed by atoms with Gasteiger partial charge in [-0.15, -0.1) is 0 Å². The largest absolute Gasteiger partial charge is 0.508 e. The van der Waals surface area contributed by atoms with Gasteiger partial charge in [0.05, 0.1) is 0 Å². The SMILES string of the molecule is CCCCCCCCNC(=O)N1CCC(Nc2ccc(CCNC[C@@H](O)COc3ccc(O)cc3)cc2)CC1. The van der Waals surface area contributed by atoms with Crippen molar-refractivity contribution in [1.29, 1.82) is 0 Å². The number of aromatic hydroxyl groups is 1. The zero-order valence-electron chi connectivity index (χ0n) is 23.5. The summed E-state index contributed by atoms with van der Waals surface area (Å²) in [4.78, 5) is 14.4. The van der Waals surface area contributed by atoms with Crippen molar-refractivity contribution < 1.29 is 19.7 Å². The number of amides is 2. The predicted molar refractivity (Wildman–Crippen MR) is 158 cm³/mol. The third kappa shape index (κ3) is 12.2. The van der Waals surface area contributed by atoms with Crippen molar-refractivity contribution in [3.05, 3.63) is 54.1 Å². The van der Waals surface area contributed by atoms with Gasteiger partial charge < -0.3 is 35.8 Å². The van der Waals surface area contributed by atoms with Gasteiger partial charge in [0.1, 0.15) is 24.2 Å². The number of anilines is 1. The Morgan fingerprint density at radius 2 is 1.67 bits per heavy atom. The van der Waals surface area contributed by atoms with Crippen LogP contribution < -0.4 is 20.7 Å². The number of aliphatic hydroxyl groups is 1. The van der Waals surface area contributed by atoms with Gasteiger partial charge in [-0.1, -0.05) is 51.2 Å². The van der Waals surface area contributed by atoms with E-state index in [-0.39, 0.29) is 18.4 Å². The van der Waals surface area contributed by atoms with Gasteiger partial charge >= 0.3 is 6.03 Å². The lowest BCUT2D eigenvalue weighted by atomic mass is 10.0. The molecule has 2 aromatic rings. The van der Waals surface area contributed by atoms with Gasteiger partial charge in [-0.05, 0) is 74.2 Å². The summed E-state index contributed by atoms with van der Waals surface area (Å²) in [6, 6.07) is 15.4. The second kappa shape index (κ2) is 17.6. The highest BCUT2D eigenvalue weighted by molar-refractivity contribution is 5.74. The maximum atomic E-state index is 12.4. The Morgan fingerprint density at radius 3 is 2.38 bits per heavy atom. The Balaban J connectivity index is 1.23. The number of nitrogens with zero attached hydrogens (tertiary/aromatic N) is 1. The van der Waals surface area contributed by atoms with E-state index in [1.165, 1.54) is 37.7 Å². The molecule has 3 rings (SSSR count). The molecule has 1 aliphatic heterocycles. The van der Waals surface area contributed by atoms with Crippen LogP contribution >= 0.6 is 0 Å². The monoisotopic (exact) mass is 540 g/mol. The molecule has 0 saturated carbocycles. The second-order valence-corrected chi connectivity index (χ2v) is 10.5. The summed E-state index contributed by atoms with van der Waals surface area (Å²) < 4.78 is 5.53. The number of phenols is 1. The number of urea groups is 1. The molecule has 1 atom stereocenters. The van der Waals surface area contributed by atoms with Crippen molar-refractivity contribution in [3.8, 4) is 11.5 Å². The lowest BCUT2D eigenvalue weighted by molar-refractivity contribution is 0.106. The number of ether oxygens (including phenoxy) is 1. The average Bonchev–Trinajstić information content (AvgIpc) is 2.95. The Labute approximate surface area is 234 Å². The summed E-state index contributed by atoms with van der Waals surface area (Å²) in [6.45, 7) is 6.00. The highest BCUT2D eigenvalue weighted by Crippen LogP contribution is 2.18. The molecular formula is C31H48N4O4. The minimum atomic E-state index is -0.608.